The van der Waals surface area contributed by atoms with Gasteiger partial charge in [-0.25, -0.2) is 4.68 Å². The van der Waals surface area contributed by atoms with E-state index in [2.05, 4.69) is 15.6 Å². The van der Waals surface area contributed by atoms with Gasteiger partial charge in [0.2, 0.25) is 0 Å². The Bertz CT molecular complexity index is 778. The van der Waals surface area contributed by atoms with Gasteiger partial charge in [-0.3, -0.25) is 4.79 Å². The van der Waals surface area contributed by atoms with Crippen molar-refractivity contribution in [2.45, 2.75) is 13.3 Å². The zero-order valence-electron chi connectivity index (χ0n) is 12.9. The highest BCUT2D eigenvalue weighted by Crippen LogP contribution is 2.21. The molecule has 0 bridgehead atoms. The highest BCUT2D eigenvalue weighted by atomic mass is 16.1. The van der Waals surface area contributed by atoms with Crippen molar-refractivity contribution >= 4 is 5.91 Å². The van der Waals surface area contributed by atoms with Crippen LogP contribution in [0.4, 0.5) is 0 Å². The van der Waals surface area contributed by atoms with E-state index in [-0.39, 0.29) is 5.91 Å². The van der Waals surface area contributed by atoms with Crippen molar-refractivity contribution < 1.29 is 4.79 Å². The van der Waals surface area contributed by atoms with Crippen molar-refractivity contribution in [2.75, 3.05) is 6.54 Å². The monoisotopic (exact) mass is 306 g/mol. The van der Waals surface area contributed by atoms with E-state index in [1.807, 2.05) is 49.4 Å². The molecular weight excluding hydrogens is 288 g/mol. The average molecular weight is 306 g/mol. The number of amides is 1. The summed E-state index contributed by atoms with van der Waals surface area (Å²) in [6.45, 7) is 2.71. The Morgan fingerprint density at radius 3 is 2.52 bits per heavy atom. The lowest BCUT2D eigenvalue weighted by molar-refractivity contribution is 0.0953. The number of hydrogen-bond acceptors (Lipinski definition) is 3. The van der Waals surface area contributed by atoms with Crippen LogP contribution in [0, 0.1) is 0 Å². The second-order valence-corrected chi connectivity index (χ2v) is 5.20. The number of aromatic nitrogens is 3. The number of carbonyl (C=O) groups is 1. The van der Waals surface area contributed by atoms with Crippen molar-refractivity contribution in [1.29, 1.82) is 0 Å². The van der Waals surface area contributed by atoms with Crippen LogP contribution in [0.5, 0.6) is 0 Å². The summed E-state index contributed by atoms with van der Waals surface area (Å²) in [6.07, 6.45) is 2.65. The zero-order chi connectivity index (χ0) is 16.1. The summed E-state index contributed by atoms with van der Waals surface area (Å²) in [5, 5.41) is 11.0. The lowest BCUT2D eigenvalue weighted by Crippen LogP contribution is -2.23. The first-order valence-corrected chi connectivity index (χ1v) is 7.64. The van der Waals surface area contributed by atoms with E-state index in [1.165, 1.54) is 0 Å². The predicted octanol–water partition coefficient (Wildman–Crippen LogP) is 3.07. The number of carbonyl (C=O) groups excluding carboxylic acids is 1. The second kappa shape index (κ2) is 6.87. The highest BCUT2D eigenvalue weighted by Gasteiger charge is 2.10. The molecule has 0 aliphatic rings. The van der Waals surface area contributed by atoms with Gasteiger partial charge in [0.25, 0.3) is 5.91 Å². The van der Waals surface area contributed by atoms with Gasteiger partial charge in [0.1, 0.15) is 0 Å². The zero-order valence-corrected chi connectivity index (χ0v) is 12.9. The molecule has 0 spiro atoms. The maximum atomic E-state index is 11.9. The van der Waals surface area contributed by atoms with Crippen LogP contribution in [-0.4, -0.2) is 27.4 Å². The molecule has 23 heavy (non-hydrogen) atoms. The summed E-state index contributed by atoms with van der Waals surface area (Å²) in [6, 6.07) is 17.3. The van der Waals surface area contributed by atoms with Crippen LogP contribution in [0.15, 0.2) is 60.8 Å². The molecule has 116 valence electrons. The first-order valence-electron chi connectivity index (χ1n) is 7.64. The Morgan fingerprint density at radius 2 is 1.83 bits per heavy atom. The molecular formula is C18H18N4O. The van der Waals surface area contributed by atoms with Crippen molar-refractivity contribution in [3.63, 3.8) is 0 Å². The first-order chi connectivity index (χ1) is 11.3. The molecule has 3 rings (SSSR count). The van der Waals surface area contributed by atoms with Gasteiger partial charge < -0.3 is 5.32 Å². The molecule has 0 fully saturated rings. The number of hydrogen-bond donors (Lipinski definition) is 1. The molecule has 1 amide bonds. The molecule has 1 N–H and O–H groups in total. The Kier molecular flexibility index (Phi) is 4.47. The number of nitrogens with zero attached hydrogens (tertiary/aromatic N) is 3. The van der Waals surface area contributed by atoms with Crippen molar-refractivity contribution in [1.82, 2.24) is 20.3 Å². The minimum atomic E-state index is -0.0553. The van der Waals surface area contributed by atoms with Gasteiger partial charge in [-0.15, -0.1) is 5.10 Å². The summed E-state index contributed by atoms with van der Waals surface area (Å²) in [4.78, 5) is 11.9. The Labute approximate surface area is 135 Å². The van der Waals surface area contributed by atoms with E-state index in [1.54, 1.807) is 23.0 Å². The van der Waals surface area contributed by atoms with Crippen LogP contribution in [-0.2, 0) is 0 Å². The molecule has 0 aliphatic carbocycles. The average Bonchev–Trinajstić information content (AvgIpc) is 3.10. The third kappa shape index (κ3) is 3.29. The van der Waals surface area contributed by atoms with E-state index in [0.717, 1.165) is 23.4 Å². The largest absolute Gasteiger partial charge is 0.352 e. The van der Waals surface area contributed by atoms with Crippen LogP contribution in [0.1, 0.15) is 23.7 Å². The number of nitrogens with one attached hydrogen (secondary N) is 1. The predicted molar refractivity (Wildman–Crippen MR) is 89.4 cm³/mol. The summed E-state index contributed by atoms with van der Waals surface area (Å²) in [7, 11) is 0. The molecule has 0 atom stereocenters. The Morgan fingerprint density at radius 1 is 1.09 bits per heavy atom. The van der Waals surface area contributed by atoms with E-state index in [4.69, 9.17) is 0 Å². The molecule has 0 unspecified atom stereocenters. The van der Waals surface area contributed by atoms with E-state index in [0.29, 0.717) is 12.1 Å². The van der Waals surface area contributed by atoms with Crippen LogP contribution < -0.4 is 5.32 Å². The fourth-order valence-electron chi connectivity index (χ4n) is 2.33. The number of rotatable bonds is 5. The summed E-state index contributed by atoms with van der Waals surface area (Å²) in [5.74, 6) is -0.0553. The molecule has 1 aromatic heterocycles. The summed E-state index contributed by atoms with van der Waals surface area (Å²) < 4.78 is 1.77. The fraction of sp³-hybridized carbons (Fsp3) is 0.167. The van der Waals surface area contributed by atoms with Crippen LogP contribution in [0.2, 0.25) is 0 Å². The van der Waals surface area contributed by atoms with Crippen molar-refractivity contribution in [2.24, 2.45) is 0 Å². The SMILES string of the molecule is CCCNC(=O)c1ccc(-n2nncc2-c2ccccc2)cc1. The van der Waals surface area contributed by atoms with Gasteiger partial charge in [0, 0.05) is 17.7 Å². The van der Waals surface area contributed by atoms with Gasteiger partial charge >= 0.3 is 0 Å². The molecule has 3 aromatic rings. The maximum Gasteiger partial charge on any atom is 0.251 e. The molecule has 5 heteroatoms. The van der Waals surface area contributed by atoms with E-state index >= 15 is 0 Å². The van der Waals surface area contributed by atoms with Gasteiger partial charge in [0.15, 0.2) is 0 Å². The van der Waals surface area contributed by atoms with Crippen LogP contribution in [0.3, 0.4) is 0 Å². The van der Waals surface area contributed by atoms with Crippen LogP contribution in [0.25, 0.3) is 16.9 Å². The van der Waals surface area contributed by atoms with Crippen LogP contribution >= 0.6 is 0 Å². The molecule has 0 saturated carbocycles. The molecule has 2 aromatic carbocycles. The first kappa shape index (κ1) is 15.0. The van der Waals surface area contributed by atoms with Gasteiger partial charge in [-0.05, 0) is 30.7 Å². The lowest BCUT2D eigenvalue weighted by atomic mass is 10.1. The van der Waals surface area contributed by atoms with Gasteiger partial charge in [-0.2, -0.15) is 0 Å². The summed E-state index contributed by atoms with van der Waals surface area (Å²) >= 11 is 0. The number of benzene rings is 2. The third-order valence-corrected chi connectivity index (χ3v) is 3.53. The maximum absolute atomic E-state index is 11.9. The lowest BCUT2D eigenvalue weighted by Gasteiger charge is -2.08. The molecule has 0 aliphatic heterocycles. The minimum Gasteiger partial charge on any atom is -0.352 e. The smallest absolute Gasteiger partial charge is 0.251 e. The van der Waals surface area contributed by atoms with Gasteiger partial charge in [0.05, 0.1) is 17.6 Å². The van der Waals surface area contributed by atoms with Gasteiger partial charge in [-0.1, -0.05) is 42.5 Å². The molecule has 1 heterocycles. The summed E-state index contributed by atoms with van der Waals surface area (Å²) in [5.41, 5.74) is 3.47. The Balaban J connectivity index is 1.86. The van der Waals surface area contributed by atoms with Crippen molar-refractivity contribution in [3.05, 3.63) is 66.4 Å². The minimum absolute atomic E-state index is 0.0553. The third-order valence-electron chi connectivity index (χ3n) is 3.53. The quantitative estimate of drug-likeness (QED) is 0.788. The molecule has 0 radical (unpaired) electrons. The normalized spacial score (nSPS) is 10.5. The van der Waals surface area contributed by atoms with E-state index < -0.39 is 0 Å². The van der Waals surface area contributed by atoms with E-state index in [9.17, 15) is 4.79 Å². The molecule has 0 saturated heterocycles. The molecule has 5 nitrogen and oxygen atoms in total. The van der Waals surface area contributed by atoms with Crippen molar-refractivity contribution in [3.8, 4) is 16.9 Å². The topological polar surface area (TPSA) is 59.8 Å². The Hall–Kier alpha value is -2.95. The standard InChI is InChI=1S/C18H18N4O/c1-2-12-19-18(23)15-8-10-16(11-9-15)22-17(13-20-21-22)14-6-4-3-5-7-14/h3-11,13H,2,12H2,1H3,(H,19,23). The second-order valence-electron chi connectivity index (χ2n) is 5.20. The highest BCUT2D eigenvalue weighted by molar-refractivity contribution is 5.94. The fourth-order valence-corrected chi connectivity index (χ4v) is 2.33.